The zero-order valence-corrected chi connectivity index (χ0v) is 34.0. The first-order valence-corrected chi connectivity index (χ1v) is 20.4. The molecule has 0 spiro atoms. The molecule has 4 atom stereocenters. The number of likely N-dealkylation sites (tertiary alicyclic amines) is 1. The molecule has 15 nitrogen and oxygen atoms in total. The van der Waals surface area contributed by atoms with Crippen LogP contribution in [-0.2, 0) is 43.2 Å². The highest BCUT2D eigenvalue weighted by atomic mass is 16.4. The minimum absolute atomic E-state index is 0.0699. The van der Waals surface area contributed by atoms with Gasteiger partial charge in [0.25, 0.3) is 0 Å². The highest BCUT2D eigenvalue weighted by Crippen LogP contribution is 2.30. The maximum absolute atomic E-state index is 14.6. The van der Waals surface area contributed by atoms with Gasteiger partial charge in [-0.2, -0.15) is 0 Å². The molecule has 1 saturated heterocycles. The summed E-state index contributed by atoms with van der Waals surface area (Å²) in [6.07, 6.45) is 3.72. The molecule has 3 aromatic carbocycles. The van der Waals surface area contributed by atoms with Gasteiger partial charge in [0, 0.05) is 19.6 Å². The predicted molar refractivity (Wildman–Crippen MR) is 228 cm³/mol. The van der Waals surface area contributed by atoms with E-state index in [2.05, 4.69) is 26.3 Å². The van der Waals surface area contributed by atoms with E-state index in [1.54, 1.807) is 7.05 Å². The van der Waals surface area contributed by atoms with Crippen LogP contribution >= 0.6 is 0 Å². The van der Waals surface area contributed by atoms with Crippen molar-refractivity contribution in [1.29, 1.82) is 0 Å². The Balaban J connectivity index is 1.59. The Morgan fingerprint density at radius 1 is 0.797 bits per heavy atom. The van der Waals surface area contributed by atoms with Gasteiger partial charge in [-0.1, -0.05) is 91.0 Å². The van der Waals surface area contributed by atoms with Crippen molar-refractivity contribution in [2.45, 2.75) is 88.4 Å². The van der Waals surface area contributed by atoms with E-state index in [4.69, 9.17) is 17.2 Å². The predicted octanol–water partition coefficient (Wildman–Crippen LogP) is 1.63. The Bertz CT molecular complexity index is 1780. The Morgan fingerprint density at radius 2 is 1.37 bits per heavy atom. The van der Waals surface area contributed by atoms with Gasteiger partial charge in [-0.3, -0.25) is 24.2 Å². The molecule has 0 aromatic heterocycles. The number of amides is 4. The molecule has 318 valence electrons. The van der Waals surface area contributed by atoms with Crippen molar-refractivity contribution in [2.75, 3.05) is 33.2 Å². The number of nitrogens with zero attached hydrogens (tertiary/aromatic N) is 2. The topological polar surface area (TPSA) is 247 Å². The number of unbranched alkanes of at least 4 members (excludes halogenated alkanes) is 1. The van der Waals surface area contributed by atoms with E-state index in [1.807, 2.05) is 91.0 Å². The monoisotopic (exact) mass is 811 g/mol. The van der Waals surface area contributed by atoms with Gasteiger partial charge in [0.05, 0.1) is 11.5 Å². The van der Waals surface area contributed by atoms with Crippen LogP contribution in [0.5, 0.6) is 0 Å². The molecule has 3 aromatic rings. The van der Waals surface area contributed by atoms with Gasteiger partial charge in [0.2, 0.25) is 23.6 Å². The van der Waals surface area contributed by atoms with E-state index in [-0.39, 0.29) is 50.1 Å². The number of likely N-dealkylation sites (N-methyl/N-ethyl adjacent to an activating group) is 1. The van der Waals surface area contributed by atoms with Gasteiger partial charge in [-0.25, -0.2) is 4.79 Å². The molecule has 4 rings (SSSR count). The fourth-order valence-electron chi connectivity index (χ4n) is 7.55. The number of rotatable bonds is 24. The third kappa shape index (κ3) is 14.2. The van der Waals surface area contributed by atoms with Gasteiger partial charge >= 0.3 is 5.97 Å². The molecule has 0 aliphatic carbocycles. The lowest BCUT2D eigenvalue weighted by atomic mass is 9.75. The first-order chi connectivity index (χ1) is 28.5. The number of carboxylic acid groups (broad SMARTS) is 1. The second kappa shape index (κ2) is 23.6. The molecule has 1 aliphatic rings. The first-order valence-electron chi connectivity index (χ1n) is 20.4. The number of carbonyl (C=O) groups excluding carboxylic acids is 4. The highest BCUT2D eigenvalue weighted by Gasteiger charge is 2.43. The lowest BCUT2D eigenvalue weighted by Crippen LogP contribution is -2.58. The molecular weight excluding hydrogens is 751 g/mol. The van der Waals surface area contributed by atoms with Crippen molar-refractivity contribution in [3.8, 4) is 0 Å². The second-order valence-corrected chi connectivity index (χ2v) is 15.2. The zero-order chi connectivity index (χ0) is 42.6. The van der Waals surface area contributed by atoms with Crippen molar-refractivity contribution >= 4 is 35.6 Å². The maximum Gasteiger partial charge on any atom is 0.326 e. The number of nitrogens with one attached hydrogen (secondary N) is 4. The first kappa shape index (κ1) is 45.9. The van der Waals surface area contributed by atoms with Crippen molar-refractivity contribution in [3.63, 3.8) is 0 Å². The van der Waals surface area contributed by atoms with Crippen molar-refractivity contribution in [2.24, 2.45) is 27.6 Å². The van der Waals surface area contributed by atoms with Crippen molar-refractivity contribution in [1.82, 2.24) is 26.2 Å². The quantitative estimate of drug-likeness (QED) is 0.0369. The van der Waals surface area contributed by atoms with Crippen LogP contribution in [0.15, 0.2) is 96.0 Å². The molecule has 1 fully saturated rings. The number of carboxylic acids is 1. The van der Waals surface area contributed by atoms with E-state index in [0.717, 1.165) is 16.7 Å². The van der Waals surface area contributed by atoms with Crippen LogP contribution in [0.2, 0.25) is 0 Å². The summed E-state index contributed by atoms with van der Waals surface area (Å²) in [6, 6.07) is 24.7. The molecule has 15 heteroatoms. The Kier molecular flexibility index (Phi) is 18.3. The number of aliphatic carboxylic acids is 1. The molecule has 0 saturated carbocycles. The van der Waals surface area contributed by atoms with Gasteiger partial charge in [0.1, 0.15) is 18.1 Å². The van der Waals surface area contributed by atoms with Crippen LogP contribution < -0.4 is 38.5 Å². The summed E-state index contributed by atoms with van der Waals surface area (Å²) >= 11 is 0. The number of nitrogens with two attached hydrogens (primary N) is 3. The number of carbonyl (C=O) groups is 5. The summed E-state index contributed by atoms with van der Waals surface area (Å²) < 4.78 is 0. The summed E-state index contributed by atoms with van der Waals surface area (Å²) in [6.45, 7) is 0.790. The zero-order valence-electron chi connectivity index (χ0n) is 34.0. The standard InChI is InChI=1S/C44H61N9O6/c1-48-36(27-31-15-5-2-6-16-31)38(54)51-34(21-11-12-24-45)40(56)53-26-14-23-37(53)39(55)50-30-44(28-32-17-7-3-8-18-32,29-33-19-9-4-10-20-33)42(59)52-35(41(57)58)22-13-25-49-43(46)47/h2-10,15-20,34-37,48H,11-14,21-30,45H2,1H3,(H,50,55)(H,51,54)(H,52,59)(H,57,58)(H4,46,47,49)/t34-,35+,36-,37-/m0/s1. The smallest absolute Gasteiger partial charge is 0.326 e. The van der Waals surface area contributed by atoms with Crippen LogP contribution in [0, 0.1) is 5.41 Å². The van der Waals surface area contributed by atoms with Crippen LogP contribution in [0.3, 0.4) is 0 Å². The van der Waals surface area contributed by atoms with Gasteiger partial charge in [-0.15, -0.1) is 0 Å². The Hall–Kier alpha value is -5.80. The van der Waals surface area contributed by atoms with E-state index in [9.17, 15) is 29.1 Å². The molecule has 1 heterocycles. The molecule has 11 N–H and O–H groups in total. The second-order valence-electron chi connectivity index (χ2n) is 15.2. The van der Waals surface area contributed by atoms with E-state index < -0.39 is 47.4 Å². The summed E-state index contributed by atoms with van der Waals surface area (Å²) in [7, 11) is 1.70. The van der Waals surface area contributed by atoms with E-state index in [0.29, 0.717) is 58.0 Å². The third-order valence-electron chi connectivity index (χ3n) is 10.7. The molecule has 0 unspecified atom stereocenters. The van der Waals surface area contributed by atoms with Crippen molar-refractivity contribution < 1.29 is 29.1 Å². The lowest BCUT2D eigenvalue weighted by Gasteiger charge is -2.35. The van der Waals surface area contributed by atoms with Crippen molar-refractivity contribution in [3.05, 3.63) is 108 Å². The maximum atomic E-state index is 14.6. The fraction of sp³-hybridized carbons (Fsp3) is 0.455. The minimum atomic E-state index is -1.35. The highest BCUT2D eigenvalue weighted by molar-refractivity contribution is 5.94. The molecule has 4 amide bonds. The third-order valence-corrected chi connectivity index (χ3v) is 10.7. The number of hydrogen-bond acceptors (Lipinski definition) is 8. The average Bonchev–Trinajstić information content (AvgIpc) is 3.73. The van der Waals surface area contributed by atoms with E-state index >= 15 is 0 Å². The van der Waals surface area contributed by atoms with Crippen LogP contribution in [0.25, 0.3) is 0 Å². The average molecular weight is 812 g/mol. The normalized spacial score (nSPS) is 15.4. The van der Waals surface area contributed by atoms with E-state index in [1.165, 1.54) is 4.90 Å². The number of benzene rings is 3. The van der Waals surface area contributed by atoms with Gasteiger partial charge in [-0.05, 0) is 94.5 Å². The summed E-state index contributed by atoms with van der Waals surface area (Å²) in [5, 5.41) is 22.0. The number of hydrogen-bond donors (Lipinski definition) is 8. The number of aliphatic imine (C=N–C) groups is 1. The van der Waals surface area contributed by atoms with Crippen LogP contribution in [0.4, 0.5) is 0 Å². The molecule has 0 radical (unpaired) electrons. The summed E-state index contributed by atoms with van der Waals surface area (Å²) in [5.41, 5.74) is 17.9. The molecule has 59 heavy (non-hydrogen) atoms. The van der Waals surface area contributed by atoms with Crippen LogP contribution in [0.1, 0.15) is 61.6 Å². The Labute approximate surface area is 347 Å². The fourth-order valence-corrected chi connectivity index (χ4v) is 7.55. The molecular formula is C44H61N9O6. The SMILES string of the molecule is CN[C@@H](Cc1ccccc1)C(=O)N[C@@H](CCCCN)C(=O)N1CCC[C@H]1C(=O)NCC(Cc1ccccc1)(Cc1ccccc1)C(=O)N[C@H](CCCN=C(N)N)C(=O)O. The summed E-state index contributed by atoms with van der Waals surface area (Å²) in [5.74, 6) is -2.99. The molecule has 1 aliphatic heterocycles. The molecule has 0 bridgehead atoms. The Morgan fingerprint density at radius 3 is 1.92 bits per heavy atom. The lowest BCUT2D eigenvalue weighted by molar-refractivity contribution is -0.144. The van der Waals surface area contributed by atoms with Gasteiger partial charge < -0.3 is 48.5 Å². The van der Waals surface area contributed by atoms with Crippen LogP contribution in [-0.4, -0.2) is 103 Å². The number of guanidine groups is 1. The largest absolute Gasteiger partial charge is 0.480 e. The van der Waals surface area contributed by atoms with Gasteiger partial charge in [0.15, 0.2) is 5.96 Å². The summed E-state index contributed by atoms with van der Waals surface area (Å²) in [4.78, 5) is 74.8. The minimum Gasteiger partial charge on any atom is -0.480 e.